The summed E-state index contributed by atoms with van der Waals surface area (Å²) in [6, 6.07) is 12.7. The molecule has 2 rings (SSSR count). The zero-order chi connectivity index (χ0) is 20.2. The summed E-state index contributed by atoms with van der Waals surface area (Å²) >= 11 is 0. The minimum Gasteiger partial charge on any atom is -0.481 e. The molecule has 0 saturated carbocycles. The maximum absolute atomic E-state index is 12.6. The highest BCUT2D eigenvalue weighted by molar-refractivity contribution is 6.04. The summed E-state index contributed by atoms with van der Waals surface area (Å²) in [4.78, 5) is 25.1. The maximum atomic E-state index is 12.6. The zero-order valence-electron chi connectivity index (χ0n) is 16.8. The molecule has 0 spiro atoms. The summed E-state index contributed by atoms with van der Waals surface area (Å²) in [6.45, 7) is 11.4. The van der Waals surface area contributed by atoms with Gasteiger partial charge in [0.1, 0.15) is 5.75 Å². The van der Waals surface area contributed by atoms with Crippen LogP contribution in [0.3, 0.4) is 0 Å². The molecular formula is C22H28N2O3. The van der Waals surface area contributed by atoms with Crippen LogP contribution in [0.25, 0.3) is 0 Å². The van der Waals surface area contributed by atoms with Crippen molar-refractivity contribution in [2.24, 2.45) is 0 Å². The Morgan fingerprint density at radius 2 is 1.70 bits per heavy atom. The average Bonchev–Trinajstić information content (AvgIpc) is 2.56. The van der Waals surface area contributed by atoms with Gasteiger partial charge in [-0.15, -0.1) is 0 Å². The van der Waals surface area contributed by atoms with Crippen molar-refractivity contribution in [3.8, 4) is 5.75 Å². The van der Waals surface area contributed by atoms with Gasteiger partial charge in [0.15, 0.2) is 6.10 Å². The van der Waals surface area contributed by atoms with Crippen molar-refractivity contribution < 1.29 is 14.3 Å². The summed E-state index contributed by atoms with van der Waals surface area (Å²) in [7, 11) is 0. The van der Waals surface area contributed by atoms with Crippen LogP contribution in [0, 0.1) is 13.8 Å². The summed E-state index contributed by atoms with van der Waals surface area (Å²) in [5.74, 6) is 0.120. The Bertz CT molecular complexity index is 838. The largest absolute Gasteiger partial charge is 0.481 e. The standard InChI is InChI=1S/C22H28N2O3/c1-14-11-12-19(15(2)13-14)27-16(3)20(25)23-18-10-8-7-9-17(18)21(26)24-22(4,5)6/h7-13,16H,1-6H3,(H,23,25)(H,24,26)/t16-/m1/s1. The van der Waals surface area contributed by atoms with Gasteiger partial charge in [-0.05, 0) is 65.3 Å². The molecule has 0 aliphatic heterocycles. The topological polar surface area (TPSA) is 67.4 Å². The van der Waals surface area contributed by atoms with Crippen molar-refractivity contribution in [1.82, 2.24) is 5.32 Å². The van der Waals surface area contributed by atoms with E-state index in [9.17, 15) is 9.59 Å². The molecule has 2 N–H and O–H groups in total. The summed E-state index contributed by atoms with van der Waals surface area (Å²) in [5.41, 5.74) is 2.61. The van der Waals surface area contributed by atoms with E-state index in [4.69, 9.17) is 4.74 Å². The monoisotopic (exact) mass is 368 g/mol. The average molecular weight is 368 g/mol. The molecule has 2 aromatic rings. The second-order valence-electron chi connectivity index (χ2n) is 7.77. The lowest BCUT2D eigenvalue weighted by Crippen LogP contribution is -2.41. The number of benzene rings is 2. The molecule has 2 amide bonds. The molecule has 1 atom stereocenters. The summed E-state index contributed by atoms with van der Waals surface area (Å²) in [5, 5.41) is 5.71. The molecule has 0 bridgehead atoms. The van der Waals surface area contributed by atoms with Gasteiger partial charge in [-0.3, -0.25) is 9.59 Å². The molecule has 0 aromatic heterocycles. The van der Waals surface area contributed by atoms with Crippen LogP contribution < -0.4 is 15.4 Å². The van der Waals surface area contributed by atoms with Crippen molar-refractivity contribution in [3.05, 3.63) is 59.2 Å². The Morgan fingerprint density at radius 3 is 2.33 bits per heavy atom. The number of carbonyl (C=O) groups is 2. The second kappa shape index (κ2) is 8.25. The first-order valence-electron chi connectivity index (χ1n) is 9.03. The lowest BCUT2D eigenvalue weighted by molar-refractivity contribution is -0.122. The van der Waals surface area contributed by atoms with E-state index in [0.717, 1.165) is 11.1 Å². The zero-order valence-corrected chi connectivity index (χ0v) is 16.8. The van der Waals surface area contributed by atoms with Crippen molar-refractivity contribution in [1.29, 1.82) is 0 Å². The molecule has 0 unspecified atom stereocenters. The molecular weight excluding hydrogens is 340 g/mol. The Kier molecular flexibility index (Phi) is 6.26. The summed E-state index contributed by atoms with van der Waals surface area (Å²) in [6.07, 6.45) is -0.704. The lowest BCUT2D eigenvalue weighted by atomic mass is 10.1. The highest BCUT2D eigenvalue weighted by Crippen LogP contribution is 2.21. The van der Waals surface area contributed by atoms with Crippen molar-refractivity contribution >= 4 is 17.5 Å². The van der Waals surface area contributed by atoms with Crippen molar-refractivity contribution in [3.63, 3.8) is 0 Å². The first-order chi connectivity index (χ1) is 12.6. The Hall–Kier alpha value is -2.82. The SMILES string of the molecule is Cc1ccc(O[C@H](C)C(=O)Nc2ccccc2C(=O)NC(C)(C)C)c(C)c1. The fraction of sp³-hybridized carbons (Fsp3) is 0.364. The minimum absolute atomic E-state index is 0.235. The third-order valence-electron chi connectivity index (χ3n) is 3.92. The van der Waals surface area contributed by atoms with Crippen LogP contribution in [0.2, 0.25) is 0 Å². The predicted octanol–water partition coefficient (Wildman–Crippen LogP) is 4.24. The van der Waals surface area contributed by atoms with E-state index in [-0.39, 0.29) is 17.4 Å². The van der Waals surface area contributed by atoms with Gasteiger partial charge < -0.3 is 15.4 Å². The van der Waals surface area contributed by atoms with Crippen LogP contribution in [0.1, 0.15) is 49.2 Å². The first-order valence-corrected chi connectivity index (χ1v) is 9.03. The lowest BCUT2D eigenvalue weighted by Gasteiger charge is -2.22. The number of nitrogens with one attached hydrogen (secondary N) is 2. The smallest absolute Gasteiger partial charge is 0.265 e. The molecule has 27 heavy (non-hydrogen) atoms. The number of aryl methyl sites for hydroxylation is 2. The Balaban J connectivity index is 2.12. The number of carbonyl (C=O) groups excluding carboxylic acids is 2. The van der Waals surface area contributed by atoms with Crippen molar-refractivity contribution in [2.75, 3.05) is 5.32 Å². The molecule has 0 fully saturated rings. The maximum Gasteiger partial charge on any atom is 0.265 e. The second-order valence-corrected chi connectivity index (χ2v) is 7.77. The van der Waals surface area contributed by atoms with E-state index in [1.807, 2.05) is 52.8 Å². The molecule has 5 heteroatoms. The van der Waals surface area contributed by atoms with Gasteiger partial charge >= 0.3 is 0 Å². The van der Waals surface area contributed by atoms with Crippen LogP contribution in [0.4, 0.5) is 5.69 Å². The highest BCUT2D eigenvalue weighted by atomic mass is 16.5. The van der Waals surface area contributed by atoms with Crippen LogP contribution in [0.5, 0.6) is 5.75 Å². The van der Waals surface area contributed by atoms with E-state index in [1.54, 1.807) is 31.2 Å². The van der Waals surface area contributed by atoms with Gasteiger partial charge in [-0.1, -0.05) is 29.8 Å². The number of ether oxygens (including phenoxy) is 1. The predicted molar refractivity (Wildman–Crippen MR) is 108 cm³/mol. The fourth-order valence-electron chi connectivity index (χ4n) is 2.61. The third-order valence-corrected chi connectivity index (χ3v) is 3.92. The molecule has 5 nitrogen and oxygen atoms in total. The van der Waals surface area contributed by atoms with Gasteiger partial charge in [0.2, 0.25) is 0 Å². The van der Waals surface area contributed by atoms with E-state index >= 15 is 0 Å². The molecule has 0 aliphatic rings. The van der Waals surface area contributed by atoms with Gasteiger partial charge in [0.05, 0.1) is 11.3 Å². The number of anilines is 1. The number of rotatable bonds is 5. The number of para-hydroxylation sites is 1. The number of hydrogen-bond donors (Lipinski definition) is 2. The van der Waals surface area contributed by atoms with Crippen LogP contribution in [0.15, 0.2) is 42.5 Å². The molecule has 2 aromatic carbocycles. The van der Waals surface area contributed by atoms with E-state index in [1.165, 1.54) is 0 Å². The van der Waals surface area contributed by atoms with Crippen LogP contribution in [-0.2, 0) is 4.79 Å². The first kappa shape index (κ1) is 20.5. The van der Waals surface area contributed by atoms with Gasteiger partial charge in [-0.2, -0.15) is 0 Å². The van der Waals surface area contributed by atoms with Crippen molar-refractivity contribution in [2.45, 2.75) is 53.2 Å². The van der Waals surface area contributed by atoms with E-state index in [2.05, 4.69) is 10.6 Å². The summed E-state index contributed by atoms with van der Waals surface area (Å²) < 4.78 is 5.80. The molecule has 144 valence electrons. The Labute approximate surface area is 161 Å². The molecule has 0 saturated heterocycles. The van der Waals surface area contributed by atoms with Gasteiger partial charge in [-0.25, -0.2) is 0 Å². The fourth-order valence-corrected chi connectivity index (χ4v) is 2.61. The molecule has 0 aliphatic carbocycles. The molecule has 0 heterocycles. The van der Waals surface area contributed by atoms with E-state index in [0.29, 0.717) is 17.0 Å². The normalized spacial score (nSPS) is 12.2. The van der Waals surface area contributed by atoms with Crippen LogP contribution >= 0.6 is 0 Å². The number of hydrogen-bond acceptors (Lipinski definition) is 3. The quantitative estimate of drug-likeness (QED) is 0.829. The van der Waals surface area contributed by atoms with E-state index < -0.39 is 6.10 Å². The minimum atomic E-state index is -0.704. The van der Waals surface area contributed by atoms with Gasteiger partial charge in [0.25, 0.3) is 11.8 Å². The Morgan fingerprint density at radius 1 is 1.04 bits per heavy atom. The van der Waals surface area contributed by atoms with Gasteiger partial charge in [0, 0.05) is 5.54 Å². The number of amides is 2. The third kappa shape index (κ3) is 5.84. The van der Waals surface area contributed by atoms with Crippen LogP contribution in [-0.4, -0.2) is 23.5 Å². The highest BCUT2D eigenvalue weighted by Gasteiger charge is 2.21. The molecule has 0 radical (unpaired) electrons.